The number of aryl methyl sites for hydroxylation is 2. The van der Waals surface area contributed by atoms with E-state index in [1.807, 2.05) is 48.5 Å². The summed E-state index contributed by atoms with van der Waals surface area (Å²) in [5, 5.41) is 20.9. The summed E-state index contributed by atoms with van der Waals surface area (Å²) >= 11 is 0. The van der Waals surface area contributed by atoms with Crippen LogP contribution < -0.4 is 0 Å². The van der Waals surface area contributed by atoms with Crippen LogP contribution in [0.2, 0.25) is 0 Å². The van der Waals surface area contributed by atoms with Gasteiger partial charge in [0.2, 0.25) is 0 Å². The van der Waals surface area contributed by atoms with Gasteiger partial charge in [-0.15, -0.1) is 0 Å². The Morgan fingerprint density at radius 3 is 1.35 bits per heavy atom. The third kappa shape index (κ3) is 11.0. The number of rotatable bonds is 18. The molecule has 0 aliphatic heterocycles. The van der Waals surface area contributed by atoms with E-state index in [1.165, 1.54) is 75.3 Å². The summed E-state index contributed by atoms with van der Waals surface area (Å²) in [6.07, 6.45) is 20.6. The Morgan fingerprint density at radius 1 is 0.525 bits per heavy atom. The lowest BCUT2D eigenvalue weighted by atomic mass is 10.0. The summed E-state index contributed by atoms with van der Waals surface area (Å²) in [6, 6.07) is 19.3. The Hall–Kier alpha value is -3.40. The molecule has 0 atom stereocenters. The van der Waals surface area contributed by atoms with Crippen LogP contribution >= 0.6 is 0 Å². The van der Waals surface area contributed by atoms with Crippen molar-refractivity contribution in [1.29, 1.82) is 0 Å². The number of aromatic hydroxyl groups is 2. The molecule has 0 saturated carbocycles. The molecule has 0 spiro atoms. The quantitative estimate of drug-likeness (QED) is 0.124. The fourth-order valence-corrected chi connectivity index (χ4v) is 4.91. The van der Waals surface area contributed by atoms with E-state index in [2.05, 4.69) is 23.8 Å². The van der Waals surface area contributed by atoms with Crippen LogP contribution in [0.15, 0.2) is 70.6 Å². The maximum Gasteiger partial charge on any atom is 0.124 e. The molecule has 0 saturated heterocycles. The van der Waals surface area contributed by atoms with E-state index in [1.54, 1.807) is 24.6 Å². The van der Waals surface area contributed by atoms with Crippen molar-refractivity contribution >= 4 is 23.8 Å². The molecule has 0 aliphatic rings. The molecule has 0 fully saturated rings. The Bertz CT molecular complexity index is 1120. The zero-order valence-corrected chi connectivity index (χ0v) is 24.6. The molecule has 0 bridgehead atoms. The molecule has 0 aliphatic carbocycles. The molecule has 214 valence electrons. The van der Waals surface area contributed by atoms with Crippen molar-refractivity contribution in [2.24, 2.45) is 9.98 Å². The van der Waals surface area contributed by atoms with E-state index in [4.69, 9.17) is 0 Å². The van der Waals surface area contributed by atoms with Gasteiger partial charge < -0.3 is 10.2 Å². The second-order valence-corrected chi connectivity index (χ2v) is 10.8. The molecular weight excluding hydrogens is 492 g/mol. The third-order valence-electron chi connectivity index (χ3n) is 7.39. The molecule has 40 heavy (non-hydrogen) atoms. The number of benzene rings is 3. The maximum absolute atomic E-state index is 10.4. The smallest absolute Gasteiger partial charge is 0.124 e. The van der Waals surface area contributed by atoms with Gasteiger partial charge in [0.15, 0.2) is 0 Å². The van der Waals surface area contributed by atoms with Gasteiger partial charge in [-0.3, -0.25) is 9.98 Å². The largest absolute Gasteiger partial charge is 0.507 e. The van der Waals surface area contributed by atoms with E-state index in [0.29, 0.717) is 22.5 Å². The van der Waals surface area contributed by atoms with E-state index in [0.717, 1.165) is 25.7 Å². The summed E-state index contributed by atoms with van der Waals surface area (Å²) in [6.45, 7) is 4.48. The maximum atomic E-state index is 10.4. The third-order valence-corrected chi connectivity index (χ3v) is 7.39. The van der Waals surface area contributed by atoms with Gasteiger partial charge in [0.25, 0.3) is 0 Å². The molecular formula is C36H48N2O2. The van der Waals surface area contributed by atoms with Gasteiger partial charge >= 0.3 is 0 Å². The van der Waals surface area contributed by atoms with Gasteiger partial charge in [-0.2, -0.15) is 0 Å². The molecule has 3 aromatic rings. The van der Waals surface area contributed by atoms with Crippen molar-refractivity contribution < 1.29 is 10.2 Å². The summed E-state index contributed by atoms with van der Waals surface area (Å²) in [7, 11) is 0. The zero-order valence-electron chi connectivity index (χ0n) is 24.6. The highest BCUT2D eigenvalue weighted by molar-refractivity contribution is 5.89. The van der Waals surface area contributed by atoms with Crippen molar-refractivity contribution in [2.75, 3.05) is 0 Å². The van der Waals surface area contributed by atoms with Gasteiger partial charge in [0.05, 0.1) is 11.4 Å². The summed E-state index contributed by atoms with van der Waals surface area (Å²) < 4.78 is 0. The van der Waals surface area contributed by atoms with Crippen LogP contribution in [0, 0.1) is 0 Å². The predicted octanol–water partition coefficient (Wildman–Crippen LogP) is 10.4. The van der Waals surface area contributed by atoms with Gasteiger partial charge in [-0.05, 0) is 73.2 Å². The first kappa shape index (κ1) is 31.1. The van der Waals surface area contributed by atoms with Crippen LogP contribution in [-0.2, 0) is 12.8 Å². The molecule has 0 radical (unpaired) electrons. The topological polar surface area (TPSA) is 65.2 Å². The lowest BCUT2D eigenvalue weighted by molar-refractivity contribution is 0.473. The first-order chi connectivity index (χ1) is 19.6. The van der Waals surface area contributed by atoms with Gasteiger partial charge in [-0.1, -0.05) is 102 Å². The van der Waals surface area contributed by atoms with Crippen molar-refractivity contribution in [3.05, 3.63) is 82.9 Å². The Kier molecular flexibility index (Phi) is 14.0. The number of phenolic OH excluding ortho intramolecular Hbond substituents is 2. The molecule has 3 aromatic carbocycles. The van der Waals surface area contributed by atoms with Crippen molar-refractivity contribution in [1.82, 2.24) is 0 Å². The number of phenols is 2. The minimum atomic E-state index is 0.225. The number of para-hydroxylation sites is 2. The molecule has 2 N–H and O–H groups in total. The first-order valence-electron chi connectivity index (χ1n) is 15.4. The van der Waals surface area contributed by atoms with Crippen LogP contribution in [0.4, 0.5) is 11.4 Å². The van der Waals surface area contributed by atoms with E-state index >= 15 is 0 Å². The van der Waals surface area contributed by atoms with E-state index in [-0.39, 0.29) is 11.5 Å². The SMILES string of the molecule is CCCCCCCCc1ccc(O)c(C=Nc2ccccc2N=Cc2cc(CCCCCCCC)ccc2O)c1. The fraction of sp³-hybridized carbons (Fsp3) is 0.444. The highest BCUT2D eigenvalue weighted by atomic mass is 16.3. The number of unbranched alkanes of at least 4 members (excludes halogenated alkanes) is 10. The number of nitrogens with zero attached hydrogens (tertiary/aromatic N) is 2. The fourth-order valence-electron chi connectivity index (χ4n) is 4.91. The van der Waals surface area contributed by atoms with Crippen molar-refractivity contribution in [3.63, 3.8) is 0 Å². The molecule has 3 rings (SSSR count). The molecule has 0 unspecified atom stereocenters. The standard InChI is InChI=1S/C36H48N2O2/c1-3-5-7-9-11-13-17-29-21-23-35(39)31(25-29)27-37-33-19-15-16-20-34(33)38-28-32-26-30(22-24-36(32)40)18-14-12-10-8-6-4-2/h15-16,19-28,39-40H,3-14,17-18H2,1-2H3. The minimum Gasteiger partial charge on any atom is -0.507 e. The van der Waals surface area contributed by atoms with Crippen LogP contribution in [0.25, 0.3) is 0 Å². The lowest BCUT2D eigenvalue weighted by Crippen LogP contribution is -1.91. The van der Waals surface area contributed by atoms with Gasteiger partial charge in [0, 0.05) is 23.6 Å². The van der Waals surface area contributed by atoms with Gasteiger partial charge in [-0.25, -0.2) is 0 Å². The van der Waals surface area contributed by atoms with Crippen molar-refractivity contribution in [3.8, 4) is 11.5 Å². The van der Waals surface area contributed by atoms with E-state index in [9.17, 15) is 10.2 Å². The van der Waals surface area contributed by atoms with Crippen LogP contribution in [-0.4, -0.2) is 22.6 Å². The number of hydrogen-bond acceptors (Lipinski definition) is 4. The van der Waals surface area contributed by atoms with E-state index < -0.39 is 0 Å². The van der Waals surface area contributed by atoms with Crippen LogP contribution in [0.3, 0.4) is 0 Å². The Morgan fingerprint density at radius 2 is 0.925 bits per heavy atom. The highest BCUT2D eigenvalue weighted by Gasteiger charge is 2.05. The number of aliphatic imine (C=N–C) groups is 2. The summed E-state index contributed by atoms with van der Waals surface area (Å²) in [4.78, 5) is 9.34. The highest BCUT2D eigenvalue weighted by Crippen LogP contribution is 2.29. The average molecular weight is 541 g/mol. The predicted molar refractivity (Wildman–Crippen MR) is 171 cm³/mol. The molecule has 4 nitrogen and oxygen atoms in total. The van der Waals surface area contributed by atoms with Gasteiger partial charge in [0.1, 0.15) is 11.5 Å². The van der Waals surface area contributed by atoms with Crippen LogP contribution in [0.5, 0.6) is 11.5 Å². The first-order valence-corrected chi connectivity index (χ1v) is 15.4. The molecule has 0 aromatic heterocycles. The monoisotopic (exact) mass is 540 g/mol. The average Bonchev–Trinajstić information content (AvgIpc) is 2.97. The Balaban J connectivity index is 1.64. The van der Waals surface area contributed by atoms with Crippen LogP contribution in [0.1, 0.15) is 113 Å². The summed E-state index contributed by atoms with van der Waals surface area (Å²) in [5.74, 6) is 0.451. The molecule has 4 heteroatoms. The second kappa shape index (κ2) is 18.0. The molecule has 0 heterocycles. The minimum absolute atomic E-state index is 0.225. The molecule has 0 amide bonds. The zero-order chi connectivity index (χ0) is 28.4. The Labute approximate surface area is 241 Å². The number of hydrogen-bond donors (Lipinski definition) is 2. The summed E-state index contributed by atoms with van der Waals surface area (Å²) in [5.41, 5.74) is 5.28. The second-order valence-electron chi connectivity index (χ2n) is 10.8. The lowest BCUT2D eigenvalue weighted by Gasteiger charge is -2.06. The van der Waals surface area contributed by atoms with Crippen molar-refractivity contribution in [2.45, 2.75) is 104 Å². The normalized spacial score (nSPS) is 11.7.